The number of aryl methyl sites for hydroxylation is 2. The van der Waals surface area contributed by atoms with E-state index in [-0.39, 0.29) is 39.6 Å². The summed E-state index contributed by atoms with van der Waals surface area (Å²) < 4.78 is 32.7. The molecule has 2 aliphatic heterocycles. The number of nitrogens with zero attached hydrogens (tertiary/aromatic N) is 2. The highest BCUT2D eigenvalue weighted by molar-refractivity contribution is 7.92. The van der Waals surface area contributed by atoms with E-state index >= 15 is 0 Å². The van der Waals surface area contributed by atoms with Crippen molar-refractivity contribution in [2.75, 3.05) is 4.72 Å². The van der Waals surface area contributed by atoms with Crippen LogP contribution in [0.4, 0.5) is 5.69 Å². The maximum atomic E-state index is 12.9. The number of imide groups is 1. The van der Waals surface area contributed by atoms with Gasteiger partial charge in [0.2, 0.25) is 5.91 Å². The second-order valence-corrected chi connectivity index (χ2v) is 8.77. The summed E-state index contributed by atoms with van der Waals surface area (Å²) in [4.78, 5) is 38.7. The average molecular weight is 430 g/mol. The zero-order valence-electron chi connectivity index (χ0n) is 16.2. The molecule has 156 valence electrons. The van der Waals surface area contributed by atoms with Gasteiger partial charge in [-0.1, -0.05) is 11.7 Å². The van der Waals surface area contributed by atoms with Gasteiger partial charge in [0.05, 0.1) is 11.1 Å². The number of hydrogen-bond acceptors (Lipinski definition) is 7. The number of fused-ring (bicyclic) bond motifs is 1. The number of rotatable bonds is 4. The van der Waals surface area contributed by atoms with Crippen LogP contribution in [0.5, 0.6) is 0 Å². The molecule has 3 amide bonds. The lowest BCUT2D eigenvalue weighted by Crippen LogP contribution is -2.51. The minimum absolute atomic E-state index is 0.0242. The van der Waals surface area contributed by atoms with Gasteiger partial charge in [0, 0.05) is 11.4 Å². The van der Waals surface area contributed by atoms with Crippen LogP contribution in [0.3, 0.4) is 0 Å². The fraction of sp³-hybridized carbons (Fsp3) is 0.263. The second kappa shape index (κ2) is 6.80. The molecule has 0 radical (unpaired) electrons. The molecule has 1 saturated heterocycles. The van der Waals surface area contributed by atoms with Gasteiger partial charge in [0.1, 0.15) is 11.7 Å². The minimum atomic E-state index is -4.02. The smallest absolute Gasteiger partial charge is 0.267 e. The Hall–Kier alpha value is -3.47. The predicted octanol–water partition coefficient (Wildman–Crippen LogP) is 1.48. The van der Waals surface area contributed by atoms with Gasteiger partial charge in [0.25, 0.3) is 21.8 Å². The van der Waals surface area contributed by atoms with E-state index < -0.39 is 33.8 Å². The van der Waals surface area contributed by atoms with Crippen molar-refractivity contribution in [1.82, 2.24) is 15.4 Å². The van der Waals surface area contributed by atoms with Crippen LogP contribution in [0.2, 0.25) is 0 Å². The van der Waals surface area contributed by atoms with Crippen LogP contribution in [0.25, 0.3) is 0 Å². The molecular formula is C19H18N4O6S. The molecule has 1 aromatic heterocycles. The topological polar surface area (TPSA) is 139 Å². The van der Waals surface area contributed by atoms with Gasteiger partial charge in [-0.05, 0) is 44.9 Å². The van der Waals surface area contributed by atoms with Crippen molar-refractivity contribution in [1.29, 1.82) is 0 Å². The number of hydrogen-bond donors (Lipinski definition) is 2. The fourth-order valence-corrected chi connectivity index (χ4v) is 5.06. The lowest BCUT2D eigenvalue weighted by Gasteiger charge is -2.29. The van der Waals surface area contributed by atoms with Crippen LogP contribution in [0.15, 0.2) is 39.9 Å². The van der Waals surface area contributed by atoms with Crippen molar-refractivity contribution in [2.24, 2.45) is 0 Å². The number of piperidine rings is 1. The summed E-state index contributed by atoms with van der Waals surface area (Å²) in [5, 5.41) is 6.19. The van der Waals surface area contributed by atoms with Gasteiger partial charge < -0.3 is 9.84 Å². The lowest BCUT2D eigenvalue weighted by molar-refractivity contribution is -0.125. The van der Waals surface area contributed by atoms with Gasteiger partial charge >= 0.3 is 0 Å². The van der Waals surface area contributed by atoms with Crippen molar-refractivity contribution in [3.63, 3.8) is 0 Å². The number of amides is 3. The molecule has 1 unspecified atom stereocenters. The number of benzene rings is 1. The molecule has 1 aromatic carbocycles. The monoisotopic (exact) mass is 430 g/mol. The molecule has 2 aliphatic rings. The maximum absolute atomic E-state index is 12.9. The Labute approximate surface area is 172 Å². The molecule has 10 nitrogen and oxygen atoms in total. The Morgan fingerprint density at radius 1 is 1.20 bits per heavy atom. The molecule has 1 fully saturated rings. The number of allylic oxidation sites excluding steroid dienone is 1. The average Bonchev–Trinajstić information content (AvgIpc) is 3.12. The SMILES string of the molecule is C=C1CCC(N2C(=O)c3ccc(NS(=O)(=O)c4c(C)noc4C)cc3C2=O)C(=O)N1. The first-order chi connectivity index (χ1) is 14.1. The molecule has 0 spiro atoms. The Balaban J connectivity index is 1.64. The van der Waals surface area contributed by atoms with Crippen molar-refractivity contribution in [3.8, 4) is 0 Å². The normalized spacial score (nSPS) is 19.1. The van der Waals surface area contributed by atoms with E-state index in [0.29, 0.717) is 12.1 Å². The molecule has 0 bridgehead atoms. The minimum Gasteiger partial charge on any atom is -0.360 e. The van der Waals surface area contributed by atoms with Gasteiger partial charge in [-0.3, -0.25) is 24.0 Å². The van der Waals surface area contributed by atoms with E-state index in [0.717, 1.165) is 4.90 Å². The Kier molecular flexibility index (Phi) is 4.49. The van der Waals surface area contributed by atoms with Gasteiger partial charge in [-0.2, -0.15) is 0 Å². The summed E-state index contributed by atoms with van der Waals surface area (Å²) in [6.07, 6.45) is 0.730. The van der Waals surface area contributed by atoms with Gasteiger partial charge in [-0.25, -0.2) is 8.42 Å². The van der Waals surface area contributed by atoms with E-state index in [1.54, 1.807) is 0 Å². The molecule has 11 heteroatoms. The van der Waals surface area contributed by atoms with E-state index in [1.165, 1.54) is 32.0 Å². The molecule has 1 atom stereocenters. The highest BCUT2D eigenvalue weighted by Gasteiger charge is 2.44. The molecule has 0 aliphatic carbocycles. The van der Waals surface area contributed by atoms with Gasteiger partial charge in [0.15, 0.2) is 10.7 Å². The molecule has 2 aromatic rings. The summed E-state index contributed by atoms with van der Waals surface area (Å²) in [6, 6.07) is 3.09. The van der Waals surface area contributed by atoms with Crippen LogP contribution in [-0.4, -0.2) is 42.2 Å². The largest absolute Gasteiger partial charge is 0.360 e. The third-order valence-corrected chi connectivity index (χ3v) is 6.67. The number of sulfonamides is 1. The van der Waals surface area contributed by atoms with Crippen LogP contribution in [0.1, 0.15) is 45.0 Å². The number of carbonyl (C=O) groups is 3. The zero-order valence-corrected chi connectivity index (χ0v) is 17.0. The van der Waals surface area contributed by atoms with Crippen LogP contribution < -0.4 is 10.0 Å². The molecule has 30 heavy (non-hydrogen) atoms. The standard InChI is InChI=1S/C19H18N4O6S/c1-9-4-7-15(17(24)20-9)23-18(25)13-6-5-12(8-14(13)19(23)26)22-30(27,28)16-10(2)21-29-11(16)3/h5-6,8,15,22H,1,4,7H2,2-3H3,(H,20,24). The third-order valence-electron chi connectivity index (χ3n) is 5.04. The number of carbonyl (C=O) groups excluding carboxylic acids is 3. The Morgan fingerprint density at radius 2 is 1.90 bits per heavy atom. The van der Waals surface area contributed by atoms with Gasteiger partial charge in [-0.15, -0.1) is 0 Å². The summed E-state index contributed by atoms with van der Waals surface area (Å²) in [6.45, 7) is 6.66. The van der Waals surface area contributed by atoms with E-state index in [4.69, 9.17) is 4.52 Å². The zero-order chi connectivity index (χ0) is 21.8. The van der Waals surface area contributed by atoms with E-state index in [2.05, 4.69) is 21.8 Å². The molecule has 2 N–H and O–H groups in total. The molecule has 0 saturated carbocycles. The van der Waals surface area contributed by atoms with Crippen molar-refractivity contribution < 1.29 is 27.3 Å². The summed E-state index contributed by atoms with van der Waals surface area (Å²) in [5.74, 6) is -1.59. The fourth-order valence-electron chi connectivity index (χ4n) is 3.68. The Bertz CT molecular complexity index is 1210. The predicted molar refractivity (Wildman–Crippen MR) is 104 cm³/mol. The van der Waals surface area contributed by atoms with Crippen molar-refractivity contribution >= 4 is 33.4 Å². The third kappa shape index (κ3) is 3.07. The molecule has 4 rings (SSSR count). The first kappa shape index (κ1) is 19.8. The quantitative estimate of drug-likeness (QED) is 0.701. The summed E-state index contributed by atoms with van der Waals surface area (Å²) in [7, 11) is -4.02. The second-order valence-electron chi connectivity index (χ2n) is 7.15. The van der Waals surface area contributed by atoms with Crippen molar-refractivity contribution in [3.05, 3.63) is 53.1 Å². The number of nitrogens with one attached hydrogen (secondary N) is 2. The molecule has 3 heterocycles. The van der Waals surface area contributed by atoms with Crippen LogP contribution in [0, 0.1) is 13.8 Å². The summed E-state index contributed by atoms with van der Waals surface area (Å²) in [5.41, 5.74) is 0.958. The Morgan fingerprint density at radius 3 is 2.53 bits per heavy atom. The number of anilines is 1. The summed E-state index contributed by atoms with van der Waals surface area (Å²) >= 11 is 0. The van der Waals surface area contributed by atoms with Crippen LogP contribution in [-0.2, 0) is 14.8 Å². The number of aromatic nitrogens is 1. The highest BCUT2D eigenvalue weighted by atomic mass is 32.2. The lowest BCUT2D eigenvalue weighted by atomic mass is 10.0. The van der Waals surface area contributed by atoms with E-state index in [9.17, 15) is 22.8 Å². The van der Waals surface area contributed by atoms with Crippen molar-refractivity contribution in [2.45, 2.75) is 37.6 Å². The highest BCUT2D eigenvalue weighted by Crippen LogP contribution is 2.31. The van der Waals surface area contributed by atoms with Crippen LogP contribution >= 0.6 is 0 Å². The first-order valence-electron chi connectivity index (χ1n) is 9.06. The maximum Gasteiger partial charge on any atom is 0.267 e. The van der Waals surface area contributed by atoms with E-state index in [1.807, 2.05) is 0 Å². The molecular weight excluding hydrogens is 412 g/mol. The first-order valence-corrected chi connectivity index (χ1v) is 10.5.